The van der Waals surface area contributed by atoms with Crippen LogP contribution in [0.1, 0.15) is 41.4 Å². The highest BCUT2D eigenvalue weighted by Gasteiger charge is 2.24. The number of hydrogen-bond donors (Lipinski definition) is 2. The Hall–Kier alpha value is -1.37. The van der Waals surface area contributed by atoms with E-state index >= 15 is 0 Å². The average Bonchev–Trinajstić information content (AvgIpc) is 2.97. The van der Waals surface area contributed by atoms with Crippen LogP contribution in [-0.4, -0.2) is 16.9 Å². The van der Waals surface area contributed by atoms with Crippen LogP contribution in [0.4, 0.5) is 0 Å². The minimum absolute atomic E-state index is 0.112. The lowest BCUT2D eigenvalue weighted by Gasteiger charge is -2.19. The van der Waals surface area contributed by atoms with Crippen LogP contribution in [-0.2, 0) is 0 Å². The molecule has 5 nitrogen and oxygen atoms in total. The van der Waals surface area contributed by atoms with Gasteiger partial charge in [-0.1, -0.05) is 0 Å². The summed E-state index contributed by atoms with van der Waals surface area (Å²) < 4.78 is 7.36. The molecule has 0 radical (unpaired) electrons. The Morgan fingerprint density at radius 3 is 2.63 bits per heavy atom. The van der Waals surface area contributed by atoms with E-state index in [2.05, 4.69) is 43.4 Å². The maximum atomic E-state index is 5.76. The summed E-state index contributed by atoms with van der Waals surface area (Å²) in [5, 5.41) is 4.39. The Balaban J connectivity index is 2.50. The maximum Gasteiger partial charge on any atom is 0.162 e. The van der Waals surface area contributed by atoms with Gasteiger partial charge in [0, 0.05) is 15.8 Å². The molecule has 0 spiro atoms. The summed E-state index contributed by atoms with van der Waals surface area (Å²) in [7, 11) is 1.65. The van der Waals surface area contributed by atoms with Crippen LogP contribution in [0.2, 0.25) is 0 Å². The molecule has 0 aliphatic rings. The summed E-state index contributed by atoms with van der Waals surface area (Å²) in [6.45, 7) is 6.26. The molecule has 2 rings (SSSR count). The Kier molecular flexibility index (Phi) is 4.24. The lowest BCUT2D eigenvalue weighted by molar-refractivity contribution is 0.395. The zero-order chi connectivity index (χ0) is 14.0. The van der Waals surface area contributed by atoms with Crippen molar-refractivity contribution >= 4 is 11.3 Å². The van der Waals surface area contributed by atoms with Crippen LogP contribution in [0.25, 0.3) is 0 Å². The predicted octanol–water partition coefficient (Wildman–Crippen LogP) is 2.40. The first kappa shape index (κ1) is 14.0. The van der Waals surface area contributed by atoms with Crippen LogP contribution in [0.3, 0.4) is 0 Å². The number of hydrogen-bond acceptors (Lipinski definition) is 5. The Morgan fingerprint density at radius 2 is 2.16 bits per heavy atom. The number of nitrogens with one attached hydrogen (secondary N) is 1. The van der Waals surface area contributed by atoms with Crippen molar-refractivity contribution in [1.82, 2.24) is 15.2 Å². The Labute approximate surface area is 117 Å². The van der Waals surface area contributed by atoms with Gasteiger partial charge in [0.1, 0.15) is 11.7 Å². The number of ether oxygens (including phenoxy) is 1. The second kappa shape index (κ2) is 5.73. The number of nitrogens with two attached hydrogens (primary N) is 1. The molecule has 104 valence electrons. The van der Waals surface area contributed by atoms with E-state index in [1.165, 1.54) is 4.88 Å². The molecule has 2 aromatic rings. The van der Waals surface area contributed by atoms with E-state index in [1.54, 1.807) is 24.6 Å². The number of aryl methyl sites for hydroxylation is 1. The highest BCUT2D eigenvalue weighted by molar-refractivity contribution is 7.12. The molecule has 0 aromatic carbocycles. The minimum atomic E-state index is -0.112. The maximum absolute atomic E-state index is 5.76. The molecular weight excluding hydrogens is 260 g/mol. The van der Waals surface area contributed by atoms with Crippen molar-refractivity contribution in [1.29, 1.82) is 0 Å². The largest absolute Gasteiger partial charge is 0.493 e. The van der Waals surface area contributed by atoms with Crippen molar-refractivity contribution in [2.75, 3.05) is 7.11 Å². The molecule has 0 bridgehead atoms. The first-order valence-electron chi connectivity index (χ1n) is 6.22. The van der Waals surface area contributed by atoms with E-state index in [0.717, 1.165) is 16.3 Å². The fraction of sp³-hybridized carbons (Fsp3) is 0.462. The molecule has 0 saturated heterocycles. The quantitative estimate of drug-likeness (QED) is 0.652. The van der Waals surface area contributed by atoms with Crippen molar-refractivity contribution in [3.8, 4) is 5.75 Å². The lowest BCUT2D eigenvalue weighted by atomic mass is 10.1. The van der Waals surface area contributed by atoms with E-state index in [-0.39, 0.29) is 12.1 Å². The van der Waals surface area contributed by atoms with Crippen LogP contribution in [0.5, 0.6) is 5.75 Å². The molecule has 2 aromatic heterocycles. The minimum Gasteiger partial charge on any atom is -0.493 e. The Morgan fingerprint density at radius 1 is 1.42 bits per heavy atom. The molecule has 0 saturated carbocycles. The third-order valence-corrected chi connectivity index (χ3v) is 4.06. The van der Waals surface area contributed by atoms with Gasteiger partial charge >= 0.3 is 0 Å². The van der Waals surface area contributed by atoms with Crippen LogP contribution in [0, 0.1) is 6.92 Å². The van der Waals surface area contributed by atoms with E-state index < -0.39 is 0 Å². The van der Waals surface area contributed by atoms with Crippen molar-refractivity contribution < 1.29 is 4.74 Å². The van der Waals surface area contributed by atoms with Gasteiger partial charge in [-0.15, -0.1) is 11.3 Å². The SMILES string of the molecule is COc1cnn(C(C)C)c1C(NN)c1ccc(C)s1. The molecule has 0 amide bonds. The molecule has 1 unspecified atom stereocenters. The summed E-state index contributed by atoms with van der Waals surface area (Å²) in [4.78, 5) is 2.41. The van der Waals surface area contributed by atoms with Gasteiger partial charge in [-0.05, 0) is 32.9 Å². The molecule has 0 aliphatic carbocycles. The van der Waals surface area contributed by atoms with Crippen LogP contribution < -0.4 is 16.0 Å². The molecule has 0 fully saturated rings. The first-order chi connectivity index (χ1) is 9.08. The van der Waals surface area contributed by atoms with Gasteiger partial charge in [0.25, 0.3) is 0 Å². The monoisotopic (exact) mass is 280 g/mol. The zero-order valence-electron chi connectivity index (χ0n) is 11.7. The number of hydrazine groups is 1. The summed E-state index contributed by atoms with van der Waals surface area (Å²) in [6, 6.07) is 4.31. The van der Waals surface area contributed by atoms with Gasteiger partial charge in [-0.3, -0.25) is 10.5 Å². The fourth-order valence-electron chi connectivity index (χ4n) is 2.10. The molecule has 6 heteroatoms. The van der Waals surface area contributed by atoms with Crippen LogP contribution in [0.15, 0.2) is 18.3 Å². The second-order valence-electron chi connectivity index (χ2n) is 4.68. The van der Waals surface area contributed by atoms with Crippen molar-refractivity contribution in [3.63, 3.8) is 0 Å². The molecule has 19 heavy (non-hydrogen) atoms. The van der Waals surface area contributed by atoms with Gasteiger partial charge < -0.3 is 4.74 Å². The van der Waals surface area contributed by atoms with Crippen molar-refractivity contribution in [2.45, 2.75) is 32.9 Å². The highest BCUT2D eigenvalue weighted by atomic mass is 32.1. The third kappa shape index (κ3) is 2.65. The van der Waals surface area contributed by atoms with Crippen molar-refractivity contribution in [2.24, 2.45) is 5.84 Å². The number of thiophene rings is 1. The van der Waals surface area contributed by atoms with E-state index in [9.17, 15) is 0 Å². The van der Waals surface area contributed by atoms with Gasteiger partial charge in [0.05, 0.1) is 13.3 Å². The average molecular weight is 280 g/mol. The summed E-state index contributed by atoms with van der Waals surface area (Å²) in [5.41, 5.74) is 3.83. The molecule has 2 heterocycles. The smallest absolute Gasteiger partial charge is 0.162 e. The van der Waals surface area contributed by atoms with Gasteiger partial charge in [0.15, 0.2) is 5.75 Å². The Bertz CT molecular complexity index is 547. The zero-order valence-corrected chi connectivity index (χ0v) is 12.5. The fourth-order valence-corrected chi connectivity index (χ4v) is 3.05. The number of rotatable bonds is 5. The normalized spacial score (nSPS) is 12.9. The topological polar surface area (TPSA) is 65.1 Å². The van der Waals surface area contributed by atoms with Gasteiger partial charge in [-0.2, -0.15) is 5.10 Å². The lowest BCUT2D eigenvalue weighted by Crippen LogP contribution is -2.30. The highest BCUT2D eigenvalue weighted by Crippen LogP contribution is 2.34. The van der Waals surface area contributed by atoms with Crippen LogP contribution >= 0.6 is 11.3 Å². The third-order valence-electron chi connectivity index (χ3n) is 2.99. The molecular formula is C13H20N4OS. The van der Waals surface area contributed by atoms with E-state index in [4.69, 9.17) is 10.6 Å². The van der Waals surface area contributed by atoms with Crippen molar-refractivity contribution in [3.05, 3.63) is 33.8 Å². The summed E-state index contributed by atoms with van der Waals surface area (Å²) >= 11 is 1.72. The van der Waals surface area contributed by atoms with E-state index in [1.807, 2.05) is 4.68 Å². The predicted molar refractivity (Wildman–Crippen MR) is 77.4 cm³/mol. The molecule has 3 N–H and O–H groups in total. The number of aromatic nitrogens is 2. The first-order valence-corrected chi connectivity index (χ1v) is 7.04. The standard InChI is InChI=1S/C13H20N4OS/c1-8(2)17-13(10(18-4)7-15-17)12(16-14)11-6-5-9(3)19-11/h5-8,12,16H,14H2,1-4H3. The molecule has 0 aliphatic heterocycles. The summed E-state index contributed by atoms with van der Waals surface area (Å²) in [5.74, 6) is 6.51. The number of nitrogens with zero attached hydrogens (tertiary/aromatic N) is 2. The van der Waals surface area contributed by atoms with E-state index in [0.29, 0.717) is 0 Å². The van der Waals surface area contributed by atoms with Gasteiger partial charge in [0.2, 0.25) is 0 Å². The molecule has 1 atom stereocenters. The summed E-state index contributed by atoms with van der Waals surface area (Å²) in [6.07, 6.45) is 1.74. The number of methoxy groups -OCH3 is 1. The second-order valence-corrected chi connectivity index (χ2v) is 6.00. The van der Waals surface area contributed by atoms with Gasteiger partial charge in [-0.25, -0.2) is 5.43 Å².